The van der Waals surface area contributed by atoms with Gasteiger partial charge in [0.2, 0.25) is 0 Å². The second kappa shape index (κ2) is 11.7. The Bertz CT molecular complexity index is 1810. The van der Waals surface area contributed by atoms with E-state index in [1.165, 1.54) is 0 Å². The van der Waals surface area contributed by atoms with Gasteiger partial charge in [0, 0.05) is 61.8 Å². The molecule has 5 aromatic heterocycles. The number of carbonyl (C=O) groups excluding carboxylic acids is 2. The maximum Gasteiger partial charge on any atom is 0.257 e. The SMILES string of the molecule is CN1CCC(NC(=O)c2cnn3ccc(-c4c[nH]c5ncc(C(=O)Nc6ccc(N7CCN(C)CC7)nc6)cc45)cc23)CC1. The quantitative estimate of drug-likeness (QED) is 0.275. The van der Waals surface area contributed by atoms with E-state index in [2.05, 4.69) is 59.5 Å². The van der Waals surface area contributed by atoms with Crippen LogP contribution in [-0.2, 0) is 0 Å². The van der Waals surface area contributed by atoms with E-state index in [0.29, 0.717) is 22.5 Å². The number of pyridine rings is 3. The number of nitrogens with zero attached hydrogens (tertiary/aromatic N) is 7. The number of amides is 2. The number of nitrogens with one attached hydrogen (secondary N) is 3. The third kappa shape index (κ3) is 5.61. The highest BCUT2D eigenvalue weighted by molar-refractivity contribution is 6.07. The van der Waals surface area contributed by atoms with Crippen LogP contribution >= 0.6 is 0 Å². The molecule has 12 nitrogen and oxygen atoms in total. The normalized spacial score (nSPS) is 16.9. The number of aromatic nitrogens is 5. The fourth-order valence-corrected chi connectivity index (χ4v) is 5.99. The van der Waals surface area contributed by atoms with Crippen LogP contribution in [0, 0.1) is 0 Å². The molecule has 5 aromatic rings. The molecule has 7 rings (SSSR count). The molecule has 0 saturated carbocycles. The molecule has 2 aliphatic rings. The number of aromatic amines is 1. The molecule has 0 aromatic carbocycles. The van der Waals surface area contributed by atoms with Gasteiger partial charge in [-0.3, -0.25) is 9.59 Å². The topological polar surface area (TPSA) is 127 Å². The van der Waals surface area contributed by atoms with Gasteiger partial charge in [-0.05, 0) is 75.9 Å². The molecule has 44 heavy (non-hydrogen) atoms. The average molecular weight is 593 g/mol. The summed E-state index contributed by atoms with van der Waals surface area (Å²) in [5.41, 5.74) is 4.76. The number of likely N-dealkylation sites (N-methyl/N-ethyl adjacent to an activating group) is 1. The van der Waals surface area contributed by atoms with Crippen molar-refractivity contribution in [3.8, 4) is 11.1 Å². The van der Waals surface area contributed by atoms with Crippen molar-refractivity contribution in [1.29, 1.82) is 0 Å². The summed E-state index contributed by atoms with van der Waals surface area (Å²) in [5.74, 6) is 0.533. The second-order valence-electron chi connectivity index (χ2n) is 11.8. The lowest BCUT2D eigenvalue weighted by molar-refractivity contribution is 0.0918. The molecule has 2 saturated heterocycles. The summed E-state index contributed by atoms with van der Waals surface area (Å²) in [5, 5.41) is 11.4. The van der Waals surface area contributed by atoms with Crippen LogP contribution < -0.4 is 15.5 Å². The van der Waals surface area contributed by atoms with Gasteiger partial charge in [-0.1, -0.05) is 0 Å². The Balaban J connectivity index is 1.09. The lowest BCUT2D eigenvalue weighted by Gasteiger charge is -2.33. The van der Waals surface area contributed by atoms with Gasteiger partial charge in [0.15, 0.2) is 0 Å². The molecule has 2 fully saturated rings. The van der Waals surface area contributed by atoms with Crippen LogP contribution in [0.1, 0.15) is 33.6 Å². The van der Waals surface area contributed by atoms with Crippen LogP contribution in [0.3, 0.4) is 0 Å². The maximum absolute atomic E-state index is 13.2. The van der Waals surface area contributed by atoms with E-state index in [1.807, 2.05) is 42.7 Å². The van der Waals surface area contributed by atoms with Crippen LogP contribution in [0.2, 0.25) is 0 Å². The van der Waals surface area contributed by atoms with E-state index in [4.69, 9.17) is 0 Å². The van der Waals surface area contributed by atoms with Gasteiger partial charge in [0.25, 0.3) is 11.8 Å². The maximum atomic E-state index is 13.2. The highest BCUT2D eigenvalue weighted by Gasteiger charge is 2.22. The van der Waals surface area contributed by atoms with Crippen molar-refractivity contribution in [2.45, 2.75) is 18.9 Å². The lowest BCUT2D eigenvalue weighted by Crippen LogP contribution is -2.44. The number of piperazine rings is 1. The minimum Gasteiger partial charge on any atom is -0.354 e. The van der Waals surface area contributed by atoms with Gasteiger partial charge in [0.05, 0.1) is 34.7 Å². The van der Waals surface area contributed by atoms with Crippen molar-refractivity contribution in [3.05, 3.63) is 72.4 Å². The molecule has 226 valence electrons. The number of rotatable bonds is 6. The number of fused-ring (bicyclic) bond motifs is 2. The molecule has 0 radical (unpaired) electrons. The standard InChI is InChI=1S/C32H36N10O2/c1-39-8-6-23(7-9-39)37-32(44)27-20-36-42-10-5-21(16-28(27)42)26-19-35-30-25(26)15-22(17-34-30)31(43)38-24-3-4-29(33-18-24)41-13-11-40(2)12-14-41/h3-5,10,15-20,23H,6-9,11-14H2,1-2H3,(H,34,35)(H,37,44)(H,38,43). The van der Waals surface area contributed by atoms with Crippen molar-refractivity contribution in [3.63, 3.8) is 0 Å². The number of hydrogen-bond acceptors (Lipinski definition) is 8. The largest absolute Gasteiger partial charge is 0.354 e. The Morgan fingerprint density at radius 3 is 2.45 bits per heavy atom. The molecule has 0 spiro atoms. The van der Waals surface area contributed by atoms with Crippen LogP contribution in [0.4, 0.5) is 11.5 Å². The van der Waals surface area contributed by atoms with Crippen LogP contribution in [-0.4, -0.2) is 106 Å². The van der Waals surface area contributed by atoms with Gasteiger partial charge in [-0.2, -0.15) is 5.10 Å². The van der Waals surface area contributed by atoms with Gasteiger partial charge >= 0.3 is 0 Å². The van der Waals surface area contributed by atoms with E-state index >= 15 is 0 Å². The first-order chi connectivity index (χ1) is 21.4. The van der Waals surface area contributed by atoms with E-state index < -0.39 is 0 Å². The molecule has 3 N–H and O–H groups in total. The molecule has 2 amide bonds. The number of carbonyl (C=O) groups is 2. The molecule has 12 heteroatoms. The predicted octanol–water partition coefficient (Wildman–Crippen LogP) is 3.10. The van der Waals surface area contributed by atoms with E-state index in [0.717, 1.165) is 80.0 Å². The fraction of sp³-hybridized carbons (Fsp3) is 0.344. The molecular formula is C32H36N10O2. The molecule has 0 atom stereocenters. The molecule has 7 heterocycles. The number of anilines is 2. The van der Waals surface area contributed by atoms with Crippen LogP contribution in [0.5, 0.6) is 0 Å². The average Bonchev–Trinajstić information content (AvgIpc) is 3.67. The highest BCUT2D eigenvalue weighted by Crippen LogP contribution is 2.30. The van der Waals surface area contributed by atoms with Crippen molar-refractivity contribution < 1.29 is 9.59 Å². The summed E-state index contributed by atoms with van der Waals surface area (Å²) >= 11 is 0. The second-order valence-corrected chi connectivity index (χ2v) is 11.8. The van der Waals surface area contributed by atoms with Gasteiger partial charge < -0.3 is 30.3 Å². The fourth-order valence-electron chi connectivity index (χ4n) is 5.99. The molecule has 0 unspecified atom stereocenters. The Morgan fingerprint density at radius 1 is 0.886 bits per heavy atom. The Kier molecular flexibility index (Phi) is 7.44. The number of likely N-dealkylation sites (tertiary alicyclic amines) is 1. The van der Waals surface area contributed by atoms with Gasteiger partial charge in [0.1, 0.15) is 11.5 Å². The summed E-state index contributed by atoms with van der Waals surface area (Å²) in [6.07, 6.45) is 10.5. The lowest BCUT2D eigenvalue weighted by atomic mass is 10.0. The molecule has 2 aliphatic heterocycles. The molecular weight excluding hydrogens is 556 g/mol. The summed E-state index contributed by atoms with van der Waals surface area (Å²) in [6.45, 7) is 5.81. The minimum atomic E-state index is -0.264. The summed E-state index contributed by atoms with van der Waals surface area (Å²) in [4.78, 5) is 45.6. The van der Waals surface area contributed by atoms with Gasteiger partial charge in [-0.25, -0.2) is 14.5 Å². The zero-order chi connectivity index (χ0) is 30.2. The first kappa shape index (κ1) is 28.0. The summed E-state index contributed by atoms with van der Waals surface area (Å²) in [7, 11) is 4.23. The van der Waals surface area contributed by atoms with Crippen molar-refractivity contribution >= 4 is 39.9 Å². The minimum absolute atomic E-state index is 0.114. The third-order valence-electron chi connectivity index (χ3n) is 8.76. The van der Waals surface area contributed by atoms with Gasteiger partial charge in [-0.15, -0.1) is 0 Å². The third-order valence-corrected chi connectivity index (χ3v) is 8.76. The highest BCUT2D eigenvalue weighted by atomic mass is 16.2. The number of piperidine rings is 1. The van der Waals surface area contributed by atoms with E-state index in [1.54, 1.807) is 23.1 Å². The van der Waals surface area contributed by atoms with Crippen LogP contribution in [0.15, 0.2) is 61.3 Å². The molecule has 0 aliphatic carbocycles. The first-order valence-electron chi connectivity index (χ1n) is 15.1. The Labute approximate surface area is 255 Å². The van der Waals surface area contributed by atoms with Crippen LogP contribution in [0.25, 0.3) is 27.7 Å². The van der Waals surface area contributed by atoms with Crippen molar-refractivity contribution in [1.82, 2.24) is 39.7 Å². The molecule has 0 bridgehead atoms. The Hall–Kier alpha value is -4.81. The van der Waals surface area contributed by atoms with Crippen molar-refractivity contribution in [2.75, 3.05) is 63.6 Å². The number of H-pyrrole nitrogens is 1. The Morgan fingerprint density at radius 2 is 1.68 bits per heavy atom. The van der Waals surface area contributed by atoms with E-state index in [-0.39, 0.29) is 17.9 Å². The monoisotopic (exact) mass is 592 g/mol. The predicted molar refractivity (Wildman–Crippen MR) is 170 cm³/mol. The number of hydrogen-bond donors (Lipinski definition) is 3. The van der Waals surface area contributed by atoms with E-state index in [9.17, 15) is 9.59 Å². The summed E-state index contributed by atoms with van der Waals surface area (Å²) in [6, 6.07) is 9.73. The summed E-state index contributed by atoms with van der Waals surface area (Å²) < 4.78 is 1.71. The zero-order valence-corrected chi connectivity index (χ0v) is 25.0. The first-order valence-corrected chi connectivity index (χ1v) is 15.1. The van der Waals surface area contributed by atoms with Crippen molar-refractivity contribution in [2.24, 2.45) is 0 Å². The smallest absolute Gasteiger partial charge is 0.257 e. The zero-order valence-electron chi connectivity index (χ0n) is 25.0.